The van der Waals surface area contributed by atoms with Gasteiger partial charge in [0.25, 0.3) is 0 Å². The molecule has 2 heteroatoms. The van der Waals surface area contributed by atoms with Crippen LogP contribution in [0.1, 0.15) is 30.5 Å². The van der Waals surface area contributed by atoms with Gasteiger partial charge in [-0.25, -0.2) is 0 Å². The highest BCUT2D eigenvalue weighted by Crippen LogP contribution is 2.19. The molecule has 0 aromatic heterocycles. The van der Waals surface area contributed by atoms with E-state index in [4.69, 9.17) is 10.5 Å². The van der Waals surface area contributed by atoms with E-state index in [1.807, 2.05) is 0 Å². The fourth-order valence-corrected chi connectivity index (χ4v) is 1.74. The van der Waals surface area contributed by atoms with Gasteiger partial charge in [-0.3, -0.25) is 0 Å². The Balaban J connectivity index is 2.53. The van der Waals surface area contributed by atoms with Gasteiger partial charge in [0.1, 0.15) is 0 Å². The second-order valence-electron chi connectivity index (χ2n) is 4.31. The molecule has 2 unspecified atom stereocenters. The molecule has 0 saturated carbocycles. The Morgan fingerprint density at radius 3 is 2.40 bits per heavy atom. The first-order valence-corrected chi connectivity index (χ1v) is 5.44. The predicted octanol–water partition coefficient (Wildman–Crippen LogP) is 2.67. The minimum atomic E-state index is 0.121. The van der Waals surface area contributed by atoms with E-state index in [0.717, 1.165) is 13.0 Å². The van der Waals surface area contributed by atoms with E-state index >= 15 is 0 Å². The first-order chi connectivity index (χ1) is 7.13. The quantitative estimate of drug-likeness (QED) is 0.805. The van der Waals surface area contributed by atoms with Crippen molar-refractivity contribution in [1.29, 1.82) is 0 Å². The van der Waals surface area contributed by atoms with Gasteiger partial charge in [0.2, 0.25) is 0 Å². The molecule has 0 radical (unpaired) electrons. The number of ether oxygens (including phenoxy) is 1. The number of aryl methyl sites for hydroxylation is 1. The highest BCUT2D eigenvalue weighted by Gasteiger charge is 2.10. The minimum absolute atomic E-state index is 0.121. The van der Waals surface area contributed by atoms with Gasteiger partial charge in [-0.15, -0.1) is 0 Å². The molecule has 1 rings (SSSR count). The van der Waals surface area contributed by atoms with Gasteiger partial charge in [0.15, 0.2) is 0 Å². The maximum Gasteiger partial charge on any atom is 0.0488 e. The molecule has 0 saturated heterocycles. The van der Waals surface area contributed by atoms with Crippen LogP contribution in [0.15, 0.2) is 24.3 Å². The van der Waals surface area contributed by atoms with E-state index in [0.29, 0.717) is 5.92 Å². The van der Waals surface area contributed by atoms with Crippen molar-refractivity contribution in [3.8, 4) is 0 Å². The lowest BCUT2D eigenvalue weighted by Gasteiger charge is -2.17. The summed E-state index contributed by atoms with van der Waals surface area (Å²) in [4.78, 5) is 0. The highest BCUT2D eigenvalue weighted by atomic mass is 16.5. The number of hydrogen-bond donors (Lipinski definition) is 1. The second kappa shape index (κ2) is 5.89. The third kappa shape index (κ3) is 4.02. The van der Waals surface area contributed by atoms with E-state index in [1.165, 1.54) is 11.1 Å². The third-order valence-corrected chi connectivity index (χ3v) is 2.61. The van der Waals surface area contributed by atoms with Gasteiger partial charge in [-0.05, 0) is 24.8 Å². The summed E-state index contributed by atoms with van der Waals surface area (Å²) < 4.78 is 5.10. The van der Waals surface area contributed by atoms with Crippen molar-refractivity contribution in [3.05, 3.63) is 35.4 Å². The molecule has 2 N–H and O–H groups in total. The second-order valence-corrected chi connectivity index (χ2v) is 4.31. The Morgan fingerprint density at radius 1 is 1.27 bits per heavy atom. The topological polar surface area (TPSA) is 35.2 Å². The number of rotatable bonds is 5. The maximum atomic E-state index is 6.12. The van der Waals surface area contributed by atoms with Gasteiger partial charge < -0.3 is 10.5 Å². The van der Waals surface area contributed by atoms with Crippen LogP contribution < -0.4 is 5.73 Å². The number of nitrogens with two attached hydrogens (primary N) is 1. The standard InChI is InChI=1S/C13H21NO/c1-10-4-6-12(7-5-10)13(14)8-11(2)9-15-3/h4-7,11,13H,8-9,14H2,1-3H3. The van der Waals surface area contributed by atoms with Crippen LogP contribution in [-0.2, 0) is 4.74 Å². The summed E-state index contributed by atoms with van der Waals surface area (Å²) in [5.41, 5.74) is 8.61. The maximum absolute atomic E-state index is 6.12. The van der Waals surface area contributed by atoms with Crippen molar-refractivity contribution in [2.24, 2.45) is 11.7 Å². The lowest BCUT2D eigenvalue weighted by atomic mass is 9.96. The summed E-state index contributed by atoms with van der Waals surface area (Å²) >= 11 is 0. The molecule has 0 aliphatic rings. The van der Waals surface area contributed by atoms with Crippen molar-refractivity contribution in [2.75, 3.05) is 13.7 Å². The molecule has 0 fully saturated rings. The molecule has 0 aliphatic heterocycles. The average molecular weight is 207 g/mol. The molecule has 0 aliphatic carbocycles. The Kier molecular flexibility index (Phi) is 4.79. The molecule has 0 amide bonds. The summed E-state index contributed by atoms with van der Waals surface area (Å²) in [6.07, 6.45) is 0.969. The molecule has 2 nitrogen and oxygen atoms in total. The van der Waals surface area contributed by atoms with Crippen molar-refractivity contribution >= 4 is 0 Å². The molecule has 1 aromatic rings. The van der Waals surface area contributed by atoms with E-state index in [9.17, 15) is 0 Å². The largest absolute Gasteiger partial charge is 0.384 e. The number of methoxy groups -OCH3 is 1. The first-order valence-electron chi connectivity index (χ1n) is 5.44. The molecule has 1 aromatic carbocycles. The molecule has 0 spiro atoms. The average Bonchev–Trinajstić information content (AvgIpc) is 2.18. The van der Waals surface area contributed by atoms with Crippen LogP contribution >= 0.6 is 0 Å². The van der Waals surface area contributed by atoms with Crippen LogP contribution in [0, 0.1) is 12.8 Å². The zero-order chi connectivity index (χ0) is 11.3. The lowest BCUT2D eigenvalue weighted by Crippen LogP contribution is -2.16. The molecular formula is C13H21NO. The van der Waals surface area contributed by atoms with E-state index in [2.05, 4.69) is 38.1 Å². The zero-order valence-electron chi connectivity index (χ0n) is 9.86. The van der Waals surface area contributed by atoms with Crippen LogP contribution in [-0.4, -0.2) is 13.7 Å². The van der Waals surface area contributed by atoms with Gasteiger partial charge in [-0.1, -0.05) is 36.8 Å². The monoisotopic (exact) mass is 207 g/mol. The van der Waals surface area contributed by atoms with Crippen LogP contribution in [0.3, 0.4) is 0 Å². The SMILES string of the molecule is COCC(C)CC(N)c1ccc(C)cc1. The molecule has 84 valence electrons. The Bertz CT molecular complexity index is 281. The summed E-state index contributed by atoms with van der Waals surface area (Å²) in [6.45, 7) is 5.03. The van der Waals surface area contributed by atoms with Crippen LogP contribution in [0.4, 0.5) is 0 Å². The summed E-state index contributed by atoms with van der Waals surface area (Å²) in [5, 5.41) is 0. The van der Waals surface area contributed by atoms with Crippen molar-refractivity contribution in [3.63, 3.8) is 0 Å². The summed E-state index contributed by atoms with van der Waals surface area (Å²) in [6, 6.07) is 8.56. The van der Waals surface area contributed by atoms with Gasteiger partial charge in [-0.2, -0.15) is 0 Å². The first kappa shape index (κ1) is 12.2. The van der Waals surface area contributed by atoms with E-state index < -0.39 is 0 Å². The van der Waals surface area contributed by atoms with Gasteiger partial charge in [0.05, 0.1) is 0 Å². The molecule has 2 atom stereocenters. The van der Waals surface area contributed by atoms with Crippen LogP contribution in [0.5, 0.6) is 0 Å². The smallest absolute Gasteiger partial charge is 0.0488 e. The Morgan fingerprint density at radius 2 is 1.87 bits per heavy atom. The van der Waals surface area contributed by atoms with E-state index in [-0.39, 0.29) is 6.04 Å². The van der Waals surface area contributed by atoms with Gasteiger partial charge >= 0.3 is 0 Å². The third-order valence-electron chi connectivity index (χ3n) is 2.61. The van der Waals surface area contributed by atoms with Crippen molar-refractivity contribution < 1.29 is 4.74 Å². The Labute approximate surface area is 92.4 Å². The van der Waals surface area contributed by atoms with Crippen molar-refractivity contribution in [1.82, 2.24) is 0 Å². The summed E-state index contributed by atoms with van der Waals surface area (Å²) in [7, 11) is 1.73. The summed E-state index contributed by atoms with van der Waals surface area (Å²) in [5.74, 6) is 0.506. The zero-order valence-corrected chi connectivity index (χ0v) is 9.86. The minimum Gasteiger partial charge on any atom is -0.384 e. The van der Waals surface area contributed by atoms with Crippen LogP contribution in [0.25, 0.3) is 0 Å². The fraction of sp³-hybridized carbons (Fsp3) is 0.538. The molecule has 15 heavy (non-hydrogen) atoms. The fourth-order valence-electron chi connectivity index (χ4n) is 1.74. The predicted molar refractivity (Wildman–Crippen MR) is 63.8 cm³/mol. The molecule has 0 heterocycles. The number of benzene rings is 1. The van der Waals surface area contributed by atoms with Crippen LogP contribution in [0.2, 0.25) is 0 Å². The van der Waals surface area contributed by atoms with E-state index in [1.54, 1.807) is 7.11 Å². The molecular weight excluding hydrogens is 186 g/mol. The van der Waals surface area contributed by atoms with Gasteiger partial charge in [0, 0.05) is 19.8 Å². The Hall–Kier alpha value is -0.860. The highest BCUT2D eigenvalue weighted by molar-refractivity contribution is 5.23. The molecule has 0 bridgehead atoms. The number of hydrogen-bond acceptors (Lipinski definition) is 2. The normalized spacial score (nSPS) is 14.9. The van der Waals surface area contributed by atoms with Crippen molar-refractivity contribution in [2.45, 2.75) is 26.3 Å². The lowest BCUT2D eigenvalue weighted by molar-refractivity contribution is 0.152.